The number of nitrogens with zero attached hydrogens (tertiary/aromatic N) is 1. The van der Waals surface area contributed by atoms with Crippen LogP contribution in [0.1, 0.15) is 206 Å². The third kappa shape index (κ3) is 39.0. The standard InChI is InChI=1S/C44H83N/c1-5-7-9-11-13-15-17-19-21-23-25-27-29-31-33-36-40-44(42-38-35-39-43-45(3)4)41-37-34-32-30-28-26-24-22-20-18-16-14-12-10-8-6-2/h13-16,19-22,44H,5-12,17-18,23-43H2,1-4H3. The summed E-state index contributed by atoms with van der Waals surface area (Å²) in [5, 5.41) is 0. The summed E-state index contributed by atoms with van der Waals surface area (Å²) < 4.78 is 0. The molecule has 0 atom stereocenters. The van der Waals surface area contributed by atoms with E-state index in [1.54, 1.807) is 0 Å². The predicted octanol–water partition coefficient (Wildman–Crippen LogP) is 15.1. The highest BCUT2D eigenvalue weighted by Gasteiger charge is 2.09. The third-order valence-electron chi connectivity index (χ3n) is 9.34. The lowest BCUT2D eigenvalue weighted by atomic mass is 9.89. The fourth-order valence-corrected chi connectivity index (χ4v) is 6.31. The summed E-state index contributed by atoms with van der Waals surface area (Å²) in [5.74, 6) is 0.987. The number of hydrogen-bond acceptors (Lipinski definition) is 1. The van der Waals surface area contributed by atoms with Gasteiger partial charge in [0, 0.05) is 0 Å². The molecule has 0 aliphatic carbocycles. The molecule has 0 rings (SSSR count). The minimum Gasteiger partial charge on any atom is -0.309 e. The van der Waals surface area contributed by atoms with Gasteiger partial charge in [-0.05, 0) is 97.2 Å². The molecule has 45 heavy (non-hydrogen) atoms. The topological polar surface area (TPSA) is 3.24 Å². The average molecular weight is 626 g/mol. The minimum absolute atomic E-state index is 0.987. The largest absolute Gasteiger partial charge is 0.309 e. The number of hydrogen-bond donors (Lipinski definition) is 0. The van der Waals surface area contributed by atoms with Crippen molar-refractivity contribution in [2.24, 2.45) is 5.92 Å². The van der Waals surface area contributed by atoms with Gasteiger partial charge in [0.25, 0.3) is 0 Å². The van der Waals surface area contributed by atoms with E-state index in [1.807, 2.05) is 0 Å². The Balaban J connectivity index is 3.88. The van der Waals surface area contributed by atoms with E-state index in [-0.39, 0.29) is 0 Å². The molecule has 0 spiro atoms. The molecule has 0 aliphatic heterocycles. The Morgan fingerprint density at radius 1 is 0.356 bits per heavy atom. The van der Waals surface area contributed by atoms with E-state index in [0.717, 1.165) is 18.8 Å². The summed E-state index contributed by atoms with van der Waals surface area (Å²) in [6, 6.07) is 0. The van der Waals surface area contributed by atoms with E-state index in [1.165, 1.54) is 186 Å². The van der Waals surface area contributed by atoms with Crippen LogP contribution in [0.5, 0.6) is 0 Å². The highest BCUT2D eigenvalue weighted by molar-refractivity contribution is 4.93. The van der Waals surface area contributed by atoms with Crippen molar-refractivity contribution in [2.45, 2.75) is 206 Å². The SMILES string of the molecule is CCCCCC=CCC=CCCCCCCCCC(CCCCCCCCC=CCC=CCCCCC)CCCCCN(C)C. The molecule has 0 saturated heterocycles. The normalized spacial score (nSPS) is 13.2. The van der Waals surface area contributed by atoms with E-state index in [2.05, 4.69) is 81.5 Å². The van der Waals surface area contributed by atoms with Gasteiger partial charge in [-0.3, -0.25) is 0 Å². The first kappa shape index (κ1) is 43.9. The molecular formula is C44H83N. The second-order valence-corrected chi connectivity index (χ2v) is 14.3. The van der Waals surface area contributed by atoms with Gasteiger partial charge in [0.2, 0.25) is 0 Å². The highest BCUT2D eigenvalue weighted by Crippen LogP contribution is 2.24. The van der Waals surface area contributed by atoms with Gasteiger partial charge in [-0.15, -0.1) is 0 Å². The number of unbranched alkanes of at least 4 members (excludes halogenated alkanes) is 20. The van der Waals surface area contributed by atoms with Gasteiger partial charge < -0.3 is 4.90 Å². The zero-order chi connectivity index (χ0) is 32.7. The summed E-state index contributed by atoms with van der Waals surface area (Å²) in [5.41, 5.74) is 0. The van der Waals surface area contributed by atoms with E-state index < -0.39 is 0 Å². The van der Waals surface area contributed by atoms with Crippen molar-refractivity contribution >= 4 is 0 Å². The van der Waals surface area contributed by atoms with Crippen molar-refractivity contribution < 1.29 is 0 Å². The van der Waals surface area contributed by atoms with Gasteiger partial charge in [-0.2, -0.15) is 0 Å². The van der Waals surface area contributed by atoms with E-state index in [0.29, 0.717) is 0 Å². The Bertz CT molecular complexity index is 606. The number of allylic oxidation sites excluding steroid dienone is 8. The van der Waals surface area contributed by atoms with Crippen LogP contribution in [0.25, 0.3) is 0 Å². The Morgan fingerprint density at radius 2 is 0.667 bits per heavy atom. The van der Waals surface area contributed by atoms with Crippen LogP contribution in [0.2, 0.25) is 0 Å². The van der Waals surface area contributed by atoms with Crippen LogP contribution < -0.4 is 0 Å². The van der Waals surface area contributed by atoms with Gasteiger partial charge in [-0.1, -0.05) is 184 Å². The van der Waals surface area contributed by atoms with Crippen molar-refractivity contribution in [3.05, 3.63) is 48.6 Å². The second kappa shape index (κ2) is 39.1. The van der Waals surface area contributed by atoms with Crippen molar-refractivity contribution in [1.82, 2.24) is 4.90 Å². The lowest BCUT2D eigenvalue weighted by molar-refractivity contribution is 0.352. The zero-order valence-corrected chi connectivity index (χ0v) is 31.6. The monoisotopic (exact) mass is 626 g/mol. The van der Waals surface area contributed by atoms with Crippen LogP contribution in [0, 0.1) is 5.92 Å². The molecule has 0 heterocycles. The fourth-order valence-electron chi connectivity index (χ4n) is 6.31. The predicted molar refractivity (Wildman–Crippen MR) is 208 cm³/mol. The Morgan fingerprint density at radius 3 is 1.02 bits per heavy atom. The first-order valence-corrected chi connectivity index (χ1v) is 20.4. The molecule has 0 aromatic carbocycles. The molecule has 0 N–H and O–H groups in total. The quantitative estimate of drug-likeness (QED) is 0.0494. The first-order chi connectivity index (χ1) is 22.2. The summed E-state index contributed by atoms with van der Waals surface area (Å²) in [4.78, 5) is 2.34. The lowest BCUT2D eigenvalue weighted by Crippen LogP contribution is -2.12. The van der Waals surface area contributed by atoms with E-state index in [4.69, 9.17) is 0 Å². The van der Waals surface area contributed by atoms with Crippen LogP contribution >= 0.6 is 0 Å². The fraction of sp³-hybridized carbons (Fsp3) is 0.818. The molecule has 264 valence electrons. The molecule has 0 fully saturated rings. The molecule has 0 saturated carbocycles. The highest BCUT2D eigenvalue weighted by atomic mass is 15.0. The molecule has 0 aliphatic rings. The third-order valence-corrected chi connectivity index (χ3v) is 9.34. The van der Waals surface area contributed by atoms with Crippen LogP contribution in [0.3, 0.4) is 0 Å². The Labute approximate surface area is 285 Å². The van der Waals surface area contributed by atoms with Crippen LogP contribution in [-0.2, 0) is 0 Å². The van der Waals surface area contributed by atoms with Crippen molar-refractivity contribution in [3.63, 3.8) is 0 Å². The molecule has 1 nitrogen and oxygen atoms in total. The Kier molecular flexibility index (Phi) is 38.2. The summed E-state index contributed by atoms with van der Waals surface area (Å²) in [7, 11) is 4.42. The van der Waals surface area contributed by atoms with Gasteiger partial charge in [0.1, 0.15) is 0 Å². The maximum absolute atomic E-state index is 2.41. The smallest absolute Gasteiger partial charge is 0.00248 e. The zero-order valence-electron chi connectivity index (χ0n) is 31.6. The Hall–Kier alpha value is -1.08. The van der Waals surface area contributed by atoms with Crippen LogP contribution in [0.4, 0.5) is 0 Å². The maximum atomic E-state index is 2.41. The maximum Gasteiger partial charge on any atom is -0.00248 e. The van der Waals surface area contributed by atoms with Gasteiger partial charge in [0.15, 0.2) is 0 Å². The summed E-state index contributed by atoms with van der Waals surface area (Å²) in [6.07, 6.45) is 60.3. The molecule has 0 radical (unpaired) electrons. The molecule has 0 aromatic rings. The molecular weight excluding hydrogens is 542 g/mol. The average Bonchev–Trinajstić information content (AvgIpc) is 3.03. The first-order valence-electron chi connectivity index (χ1n) is 20.4. The van der Waals surface area contributed by atoms with Crippen molar-refractivity contribution in [3.8, 4) is 0 Å². The van der Waals surface area contributed by atoms with E-state index >= 15 is 0 Å². The van der Waals surface area contributed by atoms with Gasteiger partial charge in [-0.25, -0.2) is 0 Å². The summed E-state index contributed by atoms with van der Waals surface area (Å²) >= 11 is 0. The van der Waals surface area contributed by atoms with Crippen molar-refractivity contribution in [1.29, 1.82) is 0 Å². The molecule has 0 unspecified atom stereocenters. The molecule has 0 amide bonds. The lowest BCUT2D eigenvalue weighted by Gasteiger charge is -2.17. The van der Waals surface area contributed by atoms with Crippen molar-refractivity contribution in [2.75, 3.05) is 20.6 Å². The van der Waals surface area contributed by atoms with Crippen LogP contribution in [0.15, 0.2) is 48.6 Å². The van der Waals surface area contributed by atoms with Crippen LogP contribution in [-0.4, -0.2) is 25.5 Å². The molecule has 1 heteroatoms. The van der Waals surface area contributed by atoms with E-state index in [9.17, 15) is 0 Å². The summed E-state index contributed by atoms with van der Waals surface area (Å²) in [6.45, 7) is 5.81. The van der Waals surface area contributed by atoms with Gasteiger partial charge in [0.05, 0.1) is 0 Å². The molecule has 0 bridgehead atoms. The molecule has 0 aromatic heterocycles. The second-order valence-electron chi connectivity index (χ2n) is 14.3. The number of rotatable bonds is 36. The minimum atomic E-state index is 0.987. The van der Waals surface area contributed by atoms with Gasteiger partial charge >= 0.3 is 0 Å².